The van der Waals surface area contributed by atoms with E-state index in [2.05, 4.69) is 37.3 Å². The first-order valence-corrected chi connectivity index (χ1v) is 5.87. The topological polar surface area (TPSA) is 39.1 Å². The van der Waals surface area contributed by atoms with E-state index >= 15 is 0 Å². The van der Waals surface area contributed by atoms with Gasteiger partial charge in [0.1, 0.15) is 0 Å². The summed E-state index contributed by atoms with van der Waals surface area (Å²) in [6.45, 7) is 7.24. The molecular formula is C12H23N3O. The average molecular weight is 225 g/mol. The molecule has 0 aromatic carbocycles. The molecule has 1 aromatic rings. The van der Waals surface area contributed by atoms with Crippen LogP contribution in [0.15, 0.2) is 12.3 Å². The summed E-state index contributed by atoms with van der Waals surface area (Å²) in [4.78, 5) is 0. The predicted octanol–water partition coefficient (Wildman–Crippen LogP) is 1.98. The standard InChI is InChI=1S/C12H23N3O/c1-6-12(3,16-5)11(13-4)10-8-9-14-15(10)7-2/h8-9,11,13H,6-7H2,1-5H3. The summed E-state index contributed by atoms with van der Waals surface area (Å²) in [6.07, 6.45) is 2.79. The van der Waals surface area contributed by atoms with Crippen LogP contribution in [0, 0.1) is 0 Å². The highest BCUT2D eigenvalue weighted by Crippen LogP contribution is 2.31. The van der Waals surface area contributed by atoms with Crippen LogP contribution >= 0.6 is 0 Å². The fourth-order valence-electron chi connectivity index (χ4n) is 2.08. The number of likely N-dealkylation sites (N-methyl/N-ethyl adjacent to an activating group) is 1. The number of aryl methyl sites for hydroxylation is 1. The van der Waals surface area contributed by atoms with Crippen molar-refractivity contribution in [2.75, 3.05) is 14.2 Å². The zero-order valence-electron chi connectivity index (χ0n) is 10.9. The lowest BCUT2D eigenvalue weighted by Gasteiger charge is -2.35. The molecule has 1 aromatic heterocycles. The molecule has 1 heterocycles. The SMILES string of the molecule is CCn1nccc1C(NC)C(C)(CC)OC. The number of nitrogens with one attached hydrogen (secondary N) is 1. The second-order valence-electron chi connectivity index (χ2n) is 4.16. The van der Waals surface area contributed by atoms with Crippen LogP contribution in [-0.2, 0) is 11.3 Å². The maximum atomic E-state index is 5.66. The van der Waals surface area contributed by atoms with Crippen LogP contribution in [0.5, 0.6) is 0 Å². The number of ether oxygens (including phenoxy) is 1. The van der Waals surface area contributed by atoms with Crippen molar-refractivity contribution in [3.8, 4) is 0 Å². The molecule has 0 saturated heterocycles. The summed E-state index contributed by atoms with van der Waals surface area (Å²) in [6, 6.07) is 2.21. The molecule has 2 atom stereocenters. The summed E-state index contributed by atoms with van der Waals surface area (Å²) in [5.74, 6) is 0. The highest BCUT2D eigenvalue weighted by molar-refractivity contribution is 5.12. The fourth-order valence-corrected chi connectivity index (χ4v) is 2.08. The lowest BCUT2D eigenvalue weighted by molar-refractivity contribution is -0.0302. The number of hydrogen-bond acceptors (Lipinski definition) is 3. The second kappa shape index (κ2) is 5.46. The van der Waals surface area contributed by atoms with Gasteiger partial charge in [0.15, 0.2) is 0 Å². The van der Waals surface area contributed by atoms with Gasteiger partial charge in [-0.05, 0) is 33.4 Å². The summed E-state index contributed by atoms with van der Waals surface area (Å²) in [5, 5.41) is 7.64. The van der Waals surface area contributed by atoms with E-state index < -0.39 is 0 Å². The molecular weight excluding hydrogens is 202 g/mol. The van der Waals surface area contributed by atoms with Gasteiger partial charge in [0.25, 0.3) is 0 Å². The van der Waals surface area contributed by atoms with E-state index in [9.17, 15) is 0 Å². The van der Waals surface area contributed by atoms with Gasteiger partial charge >= 0.3 is 0 Å². The predicted molar refractivity (Wildman–Crippen MR) is 65.4 cm³/mol. The molecule has 4 heteroatoms. The third-order valence-corrected chi connectivity index (χ3v) is 3.41. The molecule has 0 aliphatic rings. The molecule has 0 spiro atoms. The first-order valence-electron chi connectivity index (χ1n) is 5.87. The Morgan fingerprint density at radius 1 is 1.56 bits per heavy atom. The Morgan fingerprint density at radius 3 is 2.69 bits per heavy atom. The molecule has 2 unspecified atom stereocenters. The summed E-state index contributed by atoms with van der Waals surface area (Å²) in [5.41, 5.74) is 0.970. The van der Waals surface area contributed by atoms with Gasteiger partial charge in [0, 0.05) is 19.9 Å². The van der Waals surface area contributed by atoms with Gasteiger partial charge in [0.05, 0.1) is 17.3 Å². The van der Waals surface area contributed by atoms with Crippen molar-refractivity contribution in [3.05, 3.63) is 18.0 Å². The van der Waals surface area contributed by atoms with Crippen molar-refractivity contribution in [2.24, 2.45) is 0 Å². The Bertz CT molecular complexity index is 318. The highest BCUT2D eigenvalue weighted by atomic mass is 16.5. The molecule has 0 saturated carbocycles. The normalized spacial score (nSPS) is 17.1. The molecule has 0 aliphatic carbocycles. The molecule has 0 aliphatic heterocycles. The lowest BCUT2D eigenvalue weighted by Crippen LogP contribution is -2.42. The highest BCUT2D eigenvalue weighted by Gasteiger charge is 2.34. The van der Waals surface area contributed by atoms with Crippen LogP contribution in [0.2, 0.25) is 0 Å². The van der Waals surface area contributed by atoms with E-state index in [-0.39, 0.29) is 11.6 Å². The molecule has 1 rings (SSSR count). The van der Waals surface area contributed by atoms with Gasteiger partial charge in [-0.25, -0.2) is 0 Å². The minimum Gasteiger partial charge on any atom is -0.376 e. The second-order valence-corrected chi connectivity index (χ2v) is 4.16. The minimum absolute atomic E-state index is 0.157. The number of aromatic nitrogens is 2. The molecule has 1 N–H and O–H groups in total. The quantitative estimate of drug-likeness (QED) is 0.804. The Morgan fingerprint density at radius 2 is 2.25 bits per heavy atom. The van der Waals surface area contributed by atoms with Gasteiger partial charge < -0.3 is 10.1 Å². The van der Waals surface area contributed by atoms with E-state index in [1.54, 1.807) is 7.11 Å². The number of rotatable bonds is 6. The Kier molecular flexibility index (Phi) is 4.50. The summed E-state index contributed by atoms with van der Waals surface area (Å²) in [7, 11) is 3.73. The smallest absolute Gasteiger partial charge is 0.0857 e. The average Bonchev–Trinajstić information content (AvgIpc) is 2.77. The van der Waals surface area contributed by atoms with E-state index in [0.29, 0.717) is 0 Å². The monoisotopic (exact) mass is 225 g/mol. The van der Waals surface area contributed by atoms with Gasteiger partial charge in [-0.2, -0.15) is 5.10 Å². The molecule has 0 fully saturated rings. The lowest BCUT2D eigenvalue weighted by atomic mass is 9.90. The van der Waals surface area contributed by atoms with Crippen LogP contribution in [0.1, 0.15) is 38.9 Å². The van der Waals surface area contributed by atoms with Gasteiger partial charge in [-0.15, -0.1) is 0 Å². The first kappa shape index (κ1) is 13.2. The van der Waals surface area contributed by atoms with E-state index in [1.807, 2.05) is 17.9 Å². The maximum absolute atomic E-state index is 5.66. The van der Waals surface area contributed by atoms with Crippen molar-refractivity contribution in [2.45, 2.75) is 45.4 Å². The van der Waals surface area contributed by atoms with Crippen LogP contribution in [0.25, 0.3) is 0 Å². The fraction of sp³-hybridized carbons (Fsp3) is 0.750. The van der Waals surface area contributed by atoms with Crippen molar-refractivity contribution < 1.29 is 4.74 Å². The molecule has 4 nitrogen and oxygen atoms in total. The minimum atomic E-state index is -0.207. The zero-order valence-corrected chi connectivity index (χ0v) is 10.9. The first-order chi connectivity index (χ1) is 7.62. The van der Waals surface area contributed by atoms with Crippen molar-refractivity contribution >= 4 is 0 Å². The molecule has 0 bridgehead atoms. The van der Waals surface area contributed by atoms with Gasteiger partial charge in [0.2, 0.25) is 0 Å². The Labute approximate surface area is 98.0 Å². The number of hydrogen-bond donors (Lipinski definition) is 1. The Hall–Kier alpha value is -0.870. The van der Waals surface area contributed by atoms with Crippen molar-refractivity contribution in [1.29, 1.82) is 0 Å². The van der Waals surface area contributed by atoms with Crippen LogP contribution in [0.4, 0.5) is 0 Å². The number of nitrogens with zero attached hydrogens (tertiary/aromatic N) is 2. The van der Waals surface area contributed by atoms with Crippen molar-refractivity contribution in [1.82, 2.24) is 15.1 Å². The largest absolute Gasteiger partial charge is 0.376 e. The number of methoxy groups -OCH3 is 1. The van der Waals surface area contributed by atoms with E-state index in [4.69, 9.17) is 4.74 Å². The van der Waals surface area contributed by atoms with Crippen LogP contribution in [0.3, 0.4) is 0 Å². The molecule has 16 heavy (non-hydrogen) atoms. The molecule has 92 valence electrons. The van der Waals surface area contributed by atoms with Crippen molar-refractivity contribution in [3.63, 3.8) is 0 Å². The van der Waals surface area contributed by atoms with Gasteiger partial charge in [-0.3, -0.25) is 4.68 Å². The Balaban J connectivity index is 3.06. The molecule has 0 radical (unpaired) electrons. The van der Waals surface area contributed by atoms with Crippen LogP contribution in [-0.4, -0.2) is 29.5 Å². The van der Waals surface area contributed by atoms with E-state index in [0.717, 1.165) is 13.0 Å². The van der Waals surface area contributed by atoms with Gasteiger partial charge in [-0.1, -0.05) is 6.92 Å². The third-order valence-electron chi connectivity index (χ3n) is 3.41. The van der Waals surface area contributed by atoms with E-state index in [1.165, 1.54) is 5.69 Å². The zero-order chi connectivity index (χ0) is 12.2. The van der Waals surface area contributed by atoms with Crippen LogP contribution < -0.4 is 5.32 Å². The summed E-state index contributed by atoms with van der Waals surface area (Å²) >= 11 is 0. The molecule has 0 amide bonds. The third kappa shape index (κ3) is 2.28. The maximum Gasteiger partial charge on any atom is 0.0857 e. The summed E-state index contributed by atoms with van der Waals surface area (Å²) < 4.78 is 7.67.